The first kappa shape index (κ1) is 15.0. The molecule has 0 aromatic heterocycles. The van der Waals surface area contributed by atoms with Gasteiger partial charge < -0.3 is 4.90 Å². The summed E-state index contributed by atoms with van der Waals surface area (Å²) in [5.74, 6) is 1.17. The summed E-state index contributed by atoms with van der Waals surface area (Å²) >= 11 is 0. The number of hydrogen-bond acceptors (Lipinski definition) is 3. The maximum Gasteiger partial charge on any atom is 0.244 e. The standard InChI is InChI=1S/C14H26N2O2S/c1-10(2)12-15-14(7-5-6-8-14)13(17)16(12)11(3)9-19(4)18/h10-12,15H,5-9H2,1-4H3. The summed E-state index contributed by atoms with van der Waals surface area (Å²) < 4.78 is 11.5. The van der Waals surface area contributed by atoms with Crippen molar-refractivity contribution in [3.05, 3.63) is 0 Å². The molecule has 0 aromatic rings. The first-order valence-electron chi connectivity index (χ1n) is 7.28. The van der Waals surface area contributed by atoms with E-state index in [-0.39, 0.29) is 23.7 Å². The molecule has 2 fully saturated rings. The number of carbonyl (C=O) groups is 1. The zero-order valence-electron chi connectivity index (χ0n) is 12.4. The Morgan fingerprint density at radius 2 is 1.95 bits per heavy atom. The Hall–Kier alpha value is -0.420. The Bertz CT molecular complexity index is 378. The minimum absolute atomic E-state index is 0.0400. The molecule has 1 aliphatic carbocycles. The quantitative estimate of drug-likeness (QED) is 0.851. The zero-order valence-corrected chi connectivity index (χ0v) is 13.3. The number of nitrogens with zero attached hydrogens (tertiary/aromatic N) is 1. The van der Waals surface area contributed by atoms with Gasteiger partial charge in [-0.25, -0.2) is 0 Å². The van der Waals surface area contributed by atoms with Crippen molar-refractivity contribution < 1.29 is 9.00 Å². The first-order chi connectivity index (χ1) is 8.87. The summed E-state index contributed by atoms with van der Waals surface area (Å²) in [7, 11) is -0.870. The average molecular weight is 286 g/mol. The Kier molecular flexibility index (Phi) is 4.35. The third-order valence-corrected chi connectivity index (χ3v) is 5.36. The highest BCUT2D eigenvalue weighted by atomic mass is 32.2. The van der Waals surface area contributed by atoms with Crippen LogP contribution in [0, 0.1) is 5.92 Å². The van der Waals surface area contributed by atoms with Gasteiger partial charge in [0, 0.05) is 28.9 Å². The van der Waals surface area contributed by atoms with Gasteiger partial charge in [-0.3, -0.25) is 14.3 Å². The van der Waals surface area contributed by atoms with Crippen molar-refractivity contribution in [3.63, 3.8) is 0 Å². The molecule has 110 valence electrons. The van der Waals surface area contributed by atoms with Crippen LogP contribution in [0.25, 0.3) is 0 Å². The molecule has 0 bridgehead atoms. The normalized spacial score (nSPS) is 29.4. The fourth-order valence-electron chi connectivity index (χ4n) is 3.51. The van der Waals surface area contributed by atoms with Gasteiger partial charge in [0.2, 0.25) is 5.91 Å². The lowest BCUT2D eigenvalue weighted by Crippen LogP contribution is -2.48. The van der Waals surface area contributed by atoms with Crippen LogP contribution >= 0.6 is 0 Å². The second-order valence-corrected chi connectivity index (χ2v) is 7.90. The van der Waals surface area contributed by atoms with E-state index in [1.165, 1.54) is 0 Å². The van der Waals surface area contributed by atoms with E-state index < -0.39 is 10.8 Å². The van der Waals surface area contributed by atoms with Crippen LogP contribution in [0.3, 0.4) is 0 Å². The molecule has 4 nitrogen and oxygen atoms in total. The number of carbonyl (C=O) groups excluding carboxylic acids is 1. The predicted molar refractivity (Wildman–Crippen MR) is 78.2 cm³/mol. The molecular weight excluding hydrogens is 260 g/mol. The Morgan fingerprint density at radius 3 is 2.42 bits per heavy atom. The maximum atomic E-state index is 12.8. The number of nitrogens with one attached hydrogen (secondary N) is 1. The Morgan fingerprint density at radius 1 is 1.37 bits per heavy atom. The first-order valence-corrected chi connectivity index (χ1v) is 9.00. The van der Waals surface area contributed by atoms with Gasteiger partial charge in [0.25, 0.3) is 0 Å². The van der Waals surface area contributed by atoms with Crippen LogP contribution in [-0.2, 0) is 15.6 Å². The van der Waals surface area contributed by atoms with Gasteiger partial charge in [-0.1, -0.05) is 26.7 Å². The molecule has 1 amide bonds. The van der Waals surface area contributed by atoms with E-state index in [4.69, 9.17) is 0 Å². The molecule has 19 heavy (non-hydrogen) atoms. The molecule has 1 aliphatic heterocycles. The summed E-state index contributed by atoms with van der Waals surface area (Å²) in [6.07, 6.45) is 5.96. The van der Waals surface area contributed by atoms with Crippen molar-refractivity contribution in [2.45, 2.75) is 64.2 Å². The molecule has 3 unspecified atom stereocenters. The van der Waals surface area contributed by atoms with Gasteiger partial charge in [0.15, 0.2) is 0 Å². The fourth-order valence-corrected chi connectivity index (χ4v) is 4.35. The highest BCUT2D eigenvalue weighted by Gasteiger charge is 2.53. The third kappa shape index (κ3) is 2.72. The highest BCUT2D eigenvalue weighted by molar-refractivity contribution is 7.84. The van der Waals surface area contributed by atoms with E-state index in [2.05, 4.69) is 19.2 Å². The third-order valence-electron chi connectivity index (χ3n) is 4.41. The van der Waals surface area contributed by atoms with Gasteiger partial charge in [0.05, 0.1) is 11.7 Å². The minimum Gasteiger partial charge on any atom is -0.322 e. The average Bonchev–Trinajstić information content (AvgIpc) is 2.86. The number of rotatable bonds is 4. The van der Waals surface area contributed by atoms with Gasteiger partial charge >= 0.3 is 0 Å². The van der Waals surface area contributed by atoms with Crippen molar-refractivity contribution in [2.75, 3.05) is 12.0 Å². The summed E-state index contributed by atoms with van der Waals surface area (Å²) in [5, 5.41) is 3.60. The number of hydrogen-bond donors (Lipinski definition) is 1. The van der Waals surface area contributed by atoms with Crippen molar-refractivity contribution >= 4 is 16.7 Å². The largest absolute Gasteiger partial charge is 0.322 e. The van der Waals surface area contributed by atoms with Crippen molar-refractivity contribution in [1.29, 1.82) is 0 Å². The Labute approximate surface area is 118 Å². The van der Waals surface area contributed by atoms with Gasteiger partial charge in [-0.2, -0.15) is 0 Å². The van der Waals surface area contributed by atoms with E-state index in [0.717, 1.165) is 25.7 Å². The van der Waals surface area contributed by atoms with E-state index in [1.807, 2.05) is 11.8 Å². The van der Waals surface area contributed by atoms with Crippen molar-refractivity contribution in [3.8, 4) is 0 Å². The van der Waals surface area contributed by atoms with Crippen LogP contribution in [0.5, 0.6) is 0 Å². The van der Waals surface area contributed by atoms with Crippen LogP contribution in [-0.4, -0.2) is 44.8 Å². The lowest BCUT2D eigenvalue weighted by atomic mass is 9.97. The van der Waals surface area contributed by atoms with Crippen molar-refractivity contribution in [1.82, 2.24) is 10.2 Å². The second-order valence-electron chi connectivity index (χ2n) is 6.42. The van der Waals surface area contributed by atoms with Crippen LogP contribution in [0.15, 0.2) is 0 Å². The predicted octanol–water partition coefficient (Wildman–Crippen LogP) is 1.48. The zero-order chi connectivity index (χ0) is 14.2. The van der Waals surface area contributed by atoms with E-state index in [1.54, 1.807) is 6.26 Å². The molecule has 0 aromatic carbocycles. The van der Waals surface area contributed by atoms with E-state index in [9.17, 15) is 9.00 Å². The van der Waals surface area contributed by atoms with E-state index >= 15 is 0 Å². The molecule has 1 heterocycles. The number of amides is 1. The molecule has 1 N–H and O–H groups in total. The molecule has 1 saturated heterocycles. The molecule has 1 saturated carbocycles. The highest BCUT2D eigenvalue weighted by Crippen LogP contribution is 2.38. The minimum atomic E-state index is -0.870. The fraction of sp³-hybridized carbons (Fsp3) is 0.929. The van der Waals surface area contributed by atoms with Crippen LogP contribution in [0.2, 0.25) is 0 Å². The topological polar surface area (TPSA) is 49.4 Å². The summed E-state index contributed by atoms with van der Waals surface area (Å²) in [4.78, 5) is 14.8. The molecule has 0 radical (unpaired) electrons. The molecule has 1 spiro atoms. The lowest BCUT2D eigenvalue weighted by Gasteiger charge is -2.32. The second kappa shape index (κ2) is 5.52. The SMILES string of the molecule is CC(C)C1NC2(CCCC2)C(=O)N1C(C)CS(C)=O. The van der Waals surface area contributed by atoms with Gasteiger partial charge in [-0.15, -0.1) is 0 Å². The van der Waals surface area contributed by atoms with Gasteiger partial charge in [-0.05, 0) is 25.7 Å². The molecule has 2 aliphatic rings. The summed E-state index contributed by atoms with van der Waals surface area (Å²) in [6, 6.07) is 0.0400. The van der Waals surface area contributed by atoms with Crippen LogP contribution < -0.4 is 5.32 Å². The molecule has 2 rings (SSSR count). The van der Waals surface area contributed by atoms with Crippen molar-refractivity contribution in [2.24, 2.45) is 5.92 Å². The lowest BCUT2D eigenvalue weighted by molar-refractivity contribution is -0.135. The monoisotopic (exact) mass is 286 g/mol. The smallest absolute Gasteiger partial charge is 0.244 e. The molecular formula is C14H26N2O2S. The molecule has 5 heteroatoms. The summed E-state index contributed by atoms with van der Waals surface area (Å²) in [5.41, 5.74) is -0.321. The van der Waals surface area contributed by atoms with Crippen LogP contribution in [0.1, 0.15) is 46.5 Å². The van der Waals surface area contributed by atoms with E-state index in [0.29, 0.717) is 11.7 Å². The maximum absolute atomic E-state index is 12.8. The summed E-state index contributed by atoms with van der Waals surface area (Å²) in [6.45, 7) is 6.30. The Balaban J connectivity index is 2.23. The molecule has 3 atom stereocenters. The van der Waals surface area contributed by atoms with Gasteiger partial charge in [0.1, 0.15) is 0 Å². The van der Waals surface area contributed by atoms with Crippen LogP contribution in [0.4, 0.5) is 0 Å².